The Bertz CT molecular complexity index is 801. The number of hydrogen-bond donors (Lipinski definition) is 1. The fourth-order valence-corrected chi connectivity index (χ4v) is 6.67. The third-order valence-electron chi connectivity index (χ3n) is 5.79. The lowest BCUT2D eigenvalue weighted by atomic mass is 10.1. The number of rotatable bonds is 7. The van der Waals surface area contributed by atoms with E-state index in [4.69, 9.17) is 0 Å². The molecule has 29 heavy (non-hydrogen) atoms. The third kappa shape index (κ3) is 5.47. The van der Waals surface area contributed by atoms with Gasteiger partial charge in [0.1, 0.15) is 0 Å². The molecule has 1 aromatic carbocycles. The summed E-state index contributed by atoms with van der Waals surface area (Å²) in [5, 5.41) is 3.20. The van der Waals surface area contributed by atoms with Crippen LogP contribution in [0.1, 0.15) is 52.4 Å². The van der Waals surface area contributed by atoms with Gasteiger partial charge in [-0.25, -0.2) is 8.42 Å². The minimum absolute atomic E-state index is 0.0340. The maximum absolute atomic E-state index is 12.9. The molecule has 0 bridgehead atoms. The van der Waals surface area contributed by atoms with Crippen molar-refractivity contribution in [1.29, 1.82) is 0 Å². The van der Waals surface area contributed by atoms with Crippen molar-refractivity contribution in [3.8, 4) is 0 Å². The standard InChI is InChI=1S/C21H33N3O3S2/c1-3-24(4-2)29(26,27)18-11-12-20-19(15-18)23(13-14-28-20)16-21(25)22-17-9-7-5-6-8-10-17/h11-12,15,17H,3-10,13-14,16H2,1-2H3,(H,22,25). The summed E-state index contributed by atoms with van der Waals surface area (Å²) in [7, 11) is -3.52. The minimum Gasteiger partial charge on any atom is -0.360 e. The van der Waals surface area contributed by atoms with Crippen LogP contribution in [0.5, 0.6) is 0 Å². The lowest BCUT2D eigenvalue weighted by Gasteiger charge is -2.31. The van der Waals surface area contributed by atoms with Gasteiger partial charge in [-0.1, -0.05) is 39.5 Å². The van der Waals surface area contributed by atoms with Crippen LogP contribution in [-0.4, -0.2) is 56.6 Å². The summed E-state index contributed by atoms with van der Waals surface area (Å²) < 4.78 is 27.3. The van der Waals surface area contributed by atoms with Crippen LogP contribution in [0.25, 0.3) is 0 Å². The van der Waals surface area contributed by atoms with Gasteiger partial charge in [0, 0.05) is 36.3 Å². The van der Waals surface area contributed by atoms with Crippen molar-refractivity contribution in [2.75, 3.05) is 36.8 Å². The van der Waals surface area contributed by atoms with Gasteiger partial charge in [0.25, 0.3) is 0 Å². The van der Waals surface area contributed by atoms with E-state index in [0.717, 1.165) is 35.7 Å². The highest BCUT2D eigenvalue weighted by molar-refractivity contribution is 7.99. The first-order valence-corrected chi connectivity index (χ1v) is 13.2. The number of carbonyl (C=O) groups excluding carboxylic acids is 1. The molecule has 162 valence electrons. The lowest BCUT2D eigenvalue weighted by molar-refractivity contribution is -0.120. The van der Waals surface area contributed by atoms with Gasteiger partial charge in [-0.3, -0.25) is 4.79 Å². The van der Waals surface area contributed by atoms with Crippen molar-refractivity contribution < 1.29 is 13.2 Å². The van der Waals surface area contributed by atoms with Gasteiger partial charge in [0.2, 0.25) is 15.9 Å². The number of fused-ring (bicyclic) bond motifs is 1. The third-order valence-corrected chi connectivity index (χ3v) is 8.88. The quantitative estimate of drug-likeness (QED) is 0.659. The molecule has 0 saturated heterocycles. The monoisotopic (exact) mass is 439 g/mol. The molecule has 3 rings (SSSR count). The van der Waals surface area contributed by atoms with Crippen LogP contribution < -0.4 is 10.2 Å². The second-order valence-corrected chi connectivity index (χ2v) is 10.8. The van der Waals surface area contributed by atoms with E-state index in [1.165, 1.54) is 30.0 Å². The molecular formula is C21H33N3O3S2. The molecule has 1 N–H and O–H groups in total. The Morgan fingerprint density at radius 3 is 2.52 bits per heavy atom. The Kier molecular flexibility index (Phi) is 7.87. The Morgan fingerprint density at radius 1 is 1.17 bits per heavy atom. The van der Waals surface area contributed by atoms with Gasteiger partial charge in [0.15, 0.2) is 0 Å². The van der Waals surface area contributed by atoms with Crippen molar-refractivity contribution in [3.63, 3.8) is 0 Å². The van der Waals surface area contributed by atoms with E-state index in [0.29, 0.717) is 18.0 Å². The summed E-state index contributed by atoms with van der Waals surface area (Å²) in [6.45, 7) is 5.60. The lowest BCUT2D eigenvalue weighted by Crippen LogP contribution is -2.43. The minimum atomic E-state index is -3.52. The Hall–Kier alpha value is -1.25. The molecule has 1 saturated carbocycles. The molecular weight excluding hydrogens is 406 g/mol. The van der Waals surface area contributed by atoms with Crippen molar-refractivity contribution in [2.24, 2.45) is 0 Å². The predicted octanol–water partition coefficient (Wildman–Crippen LogP) is 3.47. The normalized spacial score (nSPS) is 18.4. The summed E-state index contributed by atoms with van der Waals surface area (Å²) in [5.41, 5.74) is 0.852. The highest BCUT2D eigenvalue weighted by atomic mass is 32.2. The van der Waals surface area contributed by atoms with Gasteiger partial charge in [0.05, 0.1) is 17.1 Å². The van der Waals surface area contributed by atoms with Crippen LogP contribution in [-0.2, 0) is 14.8 Å². The molecule has 0 aromatic heterocycles. The number of sulfonamides is 1. The number of benzene rings is 1. The van der Waals surface area contributed by atoms with Crippen molar-refractivity contribution >= 4 is 33.4 Å². The van der Waals surface area contributed by atoms with E-state index < -0.39 is 10.0 Å². The Labute approximate surface area is 179 Å². The van der Waals surface area contributed by atoms with Crippen LogP contribution in [0.4, 0.5) is 5.69 Å². The smallest absolute Gasteiger partial charge is 0.243 e. The van der Waals surface area contributed by atoms with Crippen LogP contribution in [0, 0.1) is 0 Å². The number of nitrogens with one attached hydrogen (secondary N) is 1. The zero-order valence-corrected chi connectivity index (χ0v) is 19.2. The van der Waals surface area contributed by atoms with Gasteiger partial charge in [-0.2, -0.15) is 4.31 Å². The number of hydrogen-bond acceptors (Lipinski definition) is 5. The molecule has 1 fully saturated rings. The molecule has 1 heterocycles. The van der Waals surface area contributed by atoms with Crippen molar-refractivity contribution in [2.45, 2.75) is 68.2 Å². The molecule has 0 radical (unpaired) electrons. The summed E-state index contributed by atoms with van der Waals surface area (Å²) in [4.78, 5) is 16.1. The van der Waals surface area contributed by atoms with E-state index in [9.17, 15) is 13.2 Å². The molecule has 2 aliphatic rings. The highest BCUT2D eigenvalue weighted by Gasteiger charge is 2.26. The number of anilines is 1. The number of amides is 1. The fourth-order valence-electron chi connectivity index (χ4n) is 4.16. The maximum Gasteiger partial charge on any atom is 0.243 e. The molecule has 6 nitrogen and oxygen atoms in total. The van der Waals surface area contributed by atoms with Gasteiger partial charge in [-0.05, 0) is 31.0 Å². The molecule has 0 atom stereocenters. The fraction of sp³-hybridized carbons (Fsp3) is 0.667. The van der Waals surface area contributed by atoms with Crippen molar-refractivity contribution in [3.05, 3.63) is 18.2 Å². The number of carbonyl (C=O) groups is 1. The van der Waals surface area contributed by atoms with Crippen LogP contribution in [0.2, 0.25) is 0 Å². The maximum atomic E-state index is 12.9. The Balaban J connectivity index is 1.75. The van der Waals surface area contributed by atoms with E-state index in [-0.39, 0.29) is 18.5 Å². The Morgan fingerprint density at radius 2 is 1.86 bits per heavy atom. The topological polar surface area (TPSA) is 69.7 Å². The van der Waals surface area contributed by atoms with Gasteiger partial charge in [-0.15, -0.1) is 11.8 Å². The molecule has 1 aliphatic carbocycles. The molecule has 1 aliphatic heterocycles. The number of thioether (sulfide) groups is 1. The average molecular weight is 440 g/mol. The first kappa shape index (κ1) is 22.4. The first-order chi connectivity index (χ1) is 14.0. The highest BCUT2D eigenvalue weighted by Crippen LogP contribution is 2.36. The van der Waals surface area contributed by atoms with Crippen LogP contribution in [0.15, 0.2) is 28.0 Å². The zero-order chi connectivity index (χ0) is 20.9. The van der Waals surface area contributed by atoms with E-state index in [2.05, 4.69) is 5.32 Å². The van der Waals surface area contributed by atoms with Gasteiger partial charge < -0.3 is 10.2 Å². The van der Waals surface area contributed by atoms with Crippen LogP contribution >= 0.6 is 11.8 Å². The average Bonchev–Trinajstić information content (AvgIpc) is 2.97. The SMILES string of the molecule is CCN(CC)S(=O)(=O)c1ccc2c(c1)N(CC(=O)NC1CCCCCC1)CCS2. The molecule has 0 spiro atoms. The molecule has 8 heteroatoms. The second kappa shape index (κ2) is 10.2. The molecule has 1 aromatic rings. The van der Waals surface area contributed by atoms with Gasteiger partial charge >= 0.3 is 0 Å². The van der Waals surface area contributed by atoms with Crippen LogP contribution in [0.3, 0.4) is 0 Å². The largest absolute Gasteiger partial charge is 0.360 e. The summed E-state index contributed by atoms with van der Waals surface area (Å²) in [6, 6.07) is 5.59. The van der Waals surface area contributed by atoms with E-state index in [1.54, 1.807) is 23.9 Å². The predicted molar refractivity (Wildman–Crippen MR) is 119 cm³/mol. The zero-order valence-electron chi connectivity index (χ0n) is 17.5. The second-order valence-electron chi connectivity index (χ2n) is 7.74. The molecule has 0 unspecified atom stereocenters. The van der Waals surface area contributed by atoms with Crippen molar-refractivity contribution in [1.82, 2.24) is 9.62 Å². The first-order valence-electron chi connectivity index (χ1n) is 10.8. The molecule has 1 amide bonds. The van der Waals surface area contributed by atoms with E-state index in [1.807, 2.05) is 24.8 Å². The van der Waals surface area contributed by atoms with E-state index >= 15 is 0 Å². The summed E-state index contributed by atoms with van der Waals surface area (Å²) in [5.74, 6) is 0.929. The summed E-state index contributed by atoms with van der Waals surface area (Å²) in [6.07, 6.45) is 7.00. The number of nitrogens with zero attached hydrogens (tertiary/aromatic N) is 2. The summed E-state index contributed by atoms with van der Waals surface area (Å²) >= 11 is 1.72.